The Balaban J connectivity index is 1.18. The number of alkyl halides is 2. The Morgan fingerprint density at radius 3 is 2.46 bits per heavy atom. The van der Waals surface area contributed by atoms with Crippen LogP contribution in [0.5, 0.6) is 0 Å². The highest BCUT2D eigenvalue weighted by atomic mass is 35.5. The number of hydrogen-bond donors (Lipinski definition) is 2. The van der Waals surface area contributed by atoms with Crippen LogP contribution in [0.2, 0.25) is 5.02 Å². The van der Waals surface area contributed by atoms with E-state index < -0.39 is 52.2 Å². The summed E-state index contributed by atoms with van der Waals surface area (Å²) in [5.41, 5.74) is 2.35. The minimum atomic E-state index is -2.85. The van der Waals surface area contributed by atoms with Crippen LogP contribution in [0.15, 0.2) is 36.7 Å². The Morgan fingerprint density at radius 2 is 1.79 bits per heavy atom. The van der Waals surface area contributed by atoms with Crippen molar-refractivity contribution in [1.82, 2.24) is 24.8 Å². The fourth-order valence-corrected chi connectivity index (χ4v) is 8.71. The van der Waals surface area contributed by atoms with E-state index in [1.807, 2.05) is 52.9 Å². The third-order valence-electron chi connectivity index (χ3n) is 11.4. The second kappa shape index (κ2) is 12.7. The van der Waals surface area contributed by atoms with E-state index in [0.717, 1.165) is 56.1 Å². The van der Waals surface area contributed by atoms with E-state index in [1.54, 1.807) is 6.33 Å². The van der Waals surface area contributed by atoms with Crippen LogP contribution < -0.4 is 15.5 Å². The van der Waals surface area contributed by atoms with Crippen molar-refractivity contribution in [3.05, 3.63) is 64.4 Å². The third kappa shape index (κ3) is 5.62. The summed E-state index contributed by atoms with van der Waals surface area (Å²) < 4.78 is 58.0. The largest absolute Gasteiger partial charge is 0.346 e. The summed E-state index contributed by atoms with van der Waals surface area (Å²) in [4.78, 5) is 41.0. The van der Waals surface area contributed by atoms with Crippen LogP contribution >= 0.6 is 11.6 Å². The van der Waals surface area contributed by atoms with Gasteiger partial charge in [0.2, 0.25) is 5.91 Å². The first-order chi connectivity index (χ1) is 24.8. The third-order valence-corrected chi connectivity index (χ3v) is 11.7. The molecule has 0 bridgehead atoms. The number of piperidine rings is 1. The lowest BCUT2D eigenvalue weighted by atomic mass is 9.71. The fourth-order valence-electron chi connectivity index (χ4n) is 8.48. The molecule has 4 aliphatic rings. The summed E-state index contributed by atoms with van der Waals surface area (Å²) >= 11 is 5.97. The van der Waals surface area contributed by atoms with E-state index >= 15 is 8.78 Å². The van der Waals surface area contributed by atoms with E-state index in [0.29, 0.717) is 28.3 Å². The predicted molar refractivity (Wildman–Crippen MR) is 192 cm³/mol. The summed E-state index contributed by atoms with van der Waals surface area (Å²) in [6.07, 6.45) is 5.93. The van der Waals surface area contributed by atoms with Gasteiger partial charge in [-0.2, -0.15) is 0 Å². The number of rotatable bonds is 9. The highest BCUT2D eigenvalue weighted by Gasteiger charge is 2.64. The smallest absolute Gasteiger partial charge is 0.255 e. The van der Waals surface area contributed by atoms with Gasteiger partial charge >= 0.3 is 0 Å². The molecule has 3 fully saturated rings. The lowest BCUT2D eigenvalue weighted by molar-refractivity contribution is -0.122. The molecule has 2 amide bonds. The van der Waals surface area contributed by atoms with Crippen molar-refractivity contribution in [2.45, 2.75) is 95.2 Å². The lowest BCUT2D eigenvalue weighted by Gasteiger charge is -2.55. The molecule has 274 valence electrons. The number of imidazole rings is 1. The molecular weight excluding hydrogens is 698 g/mol. The molecular formula is C38H40ClF4N7O2. The molecule has 2 saturated carbocycles. The van der Waals surface area contributed by atoms with Gasteiger partial charge in [0.25, 0.3) is 12.3 Å². The normalized spacial score (nSPS) is 22.4. The number of fused-ring (bicyclic) bond motifs is 3. The van der Waals surface area contributed by atoms with Gasteiger partial charge in [0.1, 0.15) is 5.52 Å². The number of nitrogens with zero attached hydrogens (tertiary/aromatic N) is 5. The molecule has 52 heavy (non-hydrogen) atoms. The Hall–Kier alpha value is -4.23. The number of aromatic nitrogens is 3. The van der Waals surface area contributed by atoms with Gasteiger partial charge in [0, 0.05) is 28.9 Å². The van der Waals surface area contributed by atoms with Crippen LogP contribution in [0.1, 0.15) is 87.7 Å². The molecule has 0 unspecified atom stereocenters. The van der Waals surface area contributed by atoms with Gasteiger partial charge in [0.05, 0.1) is 45.8 Å². The van der Waals surface area contributed by atoms with Crippen LogP contribution in [0.25, 0.3) is 22.3 Å². The minimum absolute atomic E-state index is 0.0908. The second-order valence-corrected chi connectivity index (χ2v) is 15.6. The SMILES string of the molecule is CC(C)n1cnc2cc(-c3ccc4c(c3)N(C3(C)CC(N5CCCCC5)C3)C(=O)C43CC3)nc(Nc3cc(C(=O)NCC(F)F)c(Cl)c(F)c3F)c21. The number of pyridine rings is 1. The maximum absolute atomic E-state index is 15.5. The summed E-state index contributed by atoms with van der Waals surface area (Å²) in [5.74, 6) is -3.68. The zero-order valence-electron chi connectivity index (χ0n) is 29.2. The first-order valence-corrected chi connectivity index (χ1v) is 18.3. The van der Waals surface area contributed by atoms with E-state index in [2.05, 4.69) is 22.1 Å². The molecule has 2 aliphatic heterocycles. The molecule has 2 aliphatic carbocycles. The van der Waals surface area contributed by atoms with Crippen molar-refractivity contribution < 1.29 is 27.2 Å². The molecule has 2 N–H and O–H groups in total. The van der Waals surface area contributed by atoms with E-state index in [4.69, 9.17) is 16.6 Å². The van der Waals surface area contributed by atoms with Crippen molar-refractivity contribution in [3.63, 3.8) is 0 Å². The van der Waals surface area contributed by atoms with Crippen molar-refractivity contribution >= 4 is 51.6 Å². The Morgan fingerprint density at radius 1 is 1.06 bits per heavy atom. The molecule has 0 radical (unpaired) electrons. The van der Waals surface area contributed by atoms with Gasteiger partial charge in [-0.05, 0) is 96.1 Å². The zero-order valence-corrected chi connectivity index (χ0v) is 30.0. The molecule has 2 aromatic carbocycles. The average Bonchev–Trinajstić information content (AvgIpc) is 3.74. The summed E-state index contributed by atoms with van der Waals surface area (Å²) in [7, 11) is 0. The van der Waals surface area contributed by atoms with Crippen LogP contribution in [0.3, 0.4) is 0 Å². The topological polar surface area (TPSA) is 95.4 Å². The summed E-state index contributed by atoms with van der Waals surface area (Å²) in [6.45, 7) is 7.28. The first-order valence-electron chi connectivity index (χ1n) is 17.9. The van der Waals surface area contributed by atoms with Crippen molar-refractivity contribution in [2.24, 2.45) is 0 Å². The minimum Gasteiger partial charge on any atom is -0.346 e. The van der Waals surface area contributed by atoms with Crippen molar-refractivity contribution in [3.8, 4) is 11.3 Å². The molecule has 0 atom stereocenters. The Kier molecular flexibility index (Phi) is 8.52. The fraction of sp³-hybridized carbons (Fsp3) is 0.474. The summed E-state index contributed by atoms with van der Waals surface area (Å²) in [6, 6.07) is 9.11. The molecule has 4 aromatic rings. The van der Waals surface area contributed by atoms with Crippen LogP contribution in [-0.2, 0) is 10.2 Å². The number of halogens is 5. The second-order valence-electron chi connectivity index (χ2n) is 15.2. The van der Waals surface area contributed by atoms with Gasteiger partial charge in [-0.25, -0.2) is 27.5 Å². The number of amides is 2. The van der Waals surface area contributed by atoms with Gasteiger partial charge < -0.3 is 25.0 Å². The van der Waals surface area contributed by atoms with E-state index in [1.165, 1.54) is 19.3 Å². The average molecular weight is 738 g/mol. The van der Waals surface area contributed by atoms with Gasteiger partial charge in [0.15, 0.2) is 17.5 Å². The van der Waals surface area contributed by atoms with Crippen molar-refractivity contribution in [2.75, 3.05) is 29.9 Å². The Labute approximate surface area is 303 Å². The monoisotopic (exact) mass is 737 g/mol. The summed E-state index contributed by atoms with van der Waals surface area (Å²) in [5, 5.41) is 4.01. The highest BCUT2D eigenvalue weighted by Crippen LogP contribution is 2.61. The zero-order chi connectivity index (χ0) is 36.7. The first kappa shape index (κ1) is 34.8. The van der Waals surface area contributed by atoms with Gasteiger partial charge in [-0.15, -0.1) is 0 Å². The van der Waals surface area contributed by atoms with E-state index in [-0.39, 0.29) is 23.3 Å². The van der Waals surface area contributed by atoms with Crippen LogP contribution in [0.4, 0.5) is 34.8 Å². The molecule has 9 nitrogen and oxygen atoms in total. The molecule has 8 rings (SSSR count). The number of carbonyl (C=O) groups excluding carboxylic acids is 2. The number of anilines is 3. The number of benzene rings is 2. The molecule has 4 heterocycles. The van der Waals surface area contributed by atoms with E-state index in [9.17, 15) is 18.4 Å². The molecule has 1 spiro atoms. The maximum atomic E-state index is 15.5. The van der Waals surface area contributed by atoms with Crippen molar-refractivity contribution in [1.29, 1.82) is 0 Å². The number of hydrogen-bond acceptors (Lipinski definition) is 6. The van der Waals surface area contributed by atoms with Gasteiger partial charge in [-0.1, -0.05) is 30.2 Å². The molecule has 1 saturated heterocycles. The van der Waals surface area contributed by atoms with Crippen LogP contribution in [-0.4, -0.2) is 68.9 Å². The molecule has 2 aromatic heterocycles. The molecule has 14 heteroatoms. The Bertz CT molecular complexity index is 2100. The van der Waals surface area contributed by atoms with Gasteiger partial charge in [-0.3, -0.25) is 9.59 Å². The maximum Gasteiger partial charge on any atom is 0.255 e. The highest BCUT2D eigenvalue weighted by molar-refractivity contribution is 6.34. The van der Waals surface area contributed by atoms with Crippen LogP contribution in [0, 0.1) is 11.6 Å². The standard InChI is InChI=1S/C38H40ClF4N7O2/c1-20(2)49-19-45-27-15-25(46-34(33(27)49)47-26-14-23(30(39)32(43)31(26)42)35(51)44-18-29(40)41)21-7-8-24-28(13-21)50(36(52)38(24)9-10-38)37(3)16-22(17-37)48-11-5-4-6-12-48/h7-8,13-15,19-20,22,29H,4-6,9-12,16-18H2,1-3H3,(H,44,51)(H,46,47). The predicted octanol–water partition coefficient (Wildman–Crippen LogP) is 8.13. The number of carbonyl (C=O) groups is 2. The quantitative estimate of drug-likeness (QED) is 0.133. The number of nitrogens with one attached hydrogen (secondary N) is 2. The number of likely N-dealkylation sites (tertiary alicyclic amines) is 1. The lowest BCUT2D eigenvalue weighted by Crippen LogP contribution is -2.64.